The molecule has 0 aliphatic rings. The highest BCUT2D eigenvalue weighted by Gasteiger charge is 2.03. The van der Waals surface area contributed by atoms with Crippen LogP contribution in [-0.4, -0.2) is 6.54 Å². The number of benzene rings is 2. The Morgan fingerprint density at radius 2 is 1.79 bits per heavy atom. The Balaban J connectivity index is 2.00. The number of aryl methyl sites for hydroxylation is 2. The average molecular weight is 258 g/mol. The zero-order valence-corrected chi connectivity index (χ0v) is 11.3. The van der Waals surface area contributed by atoms with Gasteiger partial charge in [-0.15, -0.1) is 0 Å². The largest absolute Gasteiger partial charge is 0.397 e. The van der Waals surface area contributed by atoms with Crippen molar-refractivity contribution in [2.75, 3.05) is 17.6 Å². The molecule has 0 heterocycles. The summed E-state index contributed by atoms with van der Waals surface area (Å²) in [6.07, 6.45) is 0.638. The maximum atomic E-state index is 13.5. The van der Waals surface area contributed by atoms with Crippen LogP contribution in [0.5, 0.6) is 0 Å². The molecular weight excluding hydrogens is 239 g/mol. The summed E-state index contributed by atoms with van der Waals surface area (Å²) in [7, 11) is 0. The Morgan fingerprint density at radius 1 is 1.11 bits per heavy atom. The lowest BCUT2D eigenvalue weighted by atomic mass is 10.1. The molecule has 19 heavy (non-hydrogen) atoms. The van der Waals surface area contributed by atoms with Crippen molar-refractivity contribution in [3.63, 3.8) is 0 Å². The molecule has 3 N–H and O–H groups in total. The van der Waals surface area contributed by atoms with Crippen molar-refractivity contribution in [2.45, 2.75) is 20.3 Å². The first kappa shape index (κ1) is 13.4. The summed E-state index contributed by atoms with van der Waals surface area (Å²) in [5, 5.41) is 3.27. The van der Waals surface area contributed by atoms with Gasteiger partial charge < -0.3 is 11.1 Å². The molecule has 3 heteroatoms. The molecule has 2 aromatic carbocycles. The molecule has 0 radical (unpaired) electrons. The first-order valence-electron chi connectivity index (χ1n) is 6.42. The highest BCUT2D eigenvalue weighted by molar-refractivity contribution is 5.68. The minimum atomic E-state index is -0.155. The fraction of sp³-hybridized carbons (Fsp3) is 0.250. The van der Waals surface area contributed by atoms with E-state index in [0.717, 1.165) is 16.9 Å². The third kappa shape index (κ3) is 3.25. The zero-order valence-electron chi connectivity index (χ0n) is 11.3. The van der Waals surface area contributed by atoms with Crippen LogP contribution in [0.2, 0.25) is 0 Å². The Bertz CT molecular complexity index is 579. The molecule has 0 aromatic heterocycles. The third-order valence-electron chi connectivity index (χ3n) is 3.33. The lowest BCUT2D eigenvalue weighted by Gasteiger charge is -2.12. The number of nitrogens with two attached hydrogens (primary N) is 1. The van der Waals surface area contributed by atoms with Crippen LogP contribution in [0.15, 0.2) is 36.4 Å². The Hall–Kier alpha value is -2.03. The molecule has 0 saturated carbocycles. The van der Waals surface area contributed by atoms with E-state index in [9.17, 15) is 4.39 Å². The molecule has 2 aromatic rings. The van der Waals surface area contributed by atoms with Gasteiger partial charge in [0.1, 0.15) is 5.82 Å². The van der Waals surface area contributed by atoms with E-state index in [1.165, 1.54) is 17.2 Å². The fourth-order valence-corrected chi connectivity index (χ4v) is 2.02. The van der Waals surface area contributed by atoms with E-state index < -0.39 is 0 Å². The molecule has 0 atom stereocenters. The van der Waals surface area contributed by atoms with Crippen molar-refractivity contribution in [1.82, 2.24) is 0 Å². The van der Waals surface area contributed by atoms with Gasteiger partial charge in [-0.2, -0.15) is 0 Å². The Labute approximate surface area is 113 Å². The summed E-state index contributed by atoms with van der Waals surface area (Å²) < 4.78 is 13.5. The minimum absolute atomic E-state index is 0.155. The van der Waals surface area contributed by atoms with Crippen LogP contribution in [0.3, 0.4) is 0 Å². The monoisotopic (exact) mass is 258 g/mol. The first-order valence-corrected chi connectivity index (χ1v) is 6.42. The molecule has 0 fully saturated rings. The Morgan fingerprint density at radius 3 is 2.53 bits per heavy atom. The molecule has 0 aliphatic heterocycles. The molecule has 2 rings (SSSR count). The molecule has 0 spiro atoms. The van der Waals surface area contributed by atoms with Gasteiger partial charge in [-0.25, -0.2) is 4.39 Å². The highest BCUT2D eigenvalue weighted by Crippen LogP contribution is 2.23. The molecule has 100 valence electrons. The quantitative estimate of drug-likeness (QED) is 0.821. The second-order valence-electron chi connectivity index (χ2n) is 4.79. The molecule has 0 saturated heterocycles. The maximum Gasteiger partial charge on any atom is 0.126 e. The smallest absolute Gasteiger partial charge is 0.126 e. The number of hydrogen-bond donors (Lipinski definition) is 2. The number of halogens is 1. The van der Waals surface area contributed by atoms with Gasteiger partial charge in [0, 0.05) is 6.54 Å². The van der Waals surface area contributed by atoms with Crippen molar-refractivity contribution in [1.29, 1.82) is 0 Å². The maximum absolute atomic E-state index is 13.5. The fourth-order valence-electron chi connectivity index (χ4n) is 2.02. The number of rotatable bonds is 4. The number of nitrogens with one attached hydrogen (secondary N) is 1. The topological polar surface area (TPSA) is 38.0 Å². The first-order chi connectivity index (χ1) is 9.08. The van der Waals surface area contributed by atoms with Crippen LogP contribution >= 0.6 is 0 Å². The van der Waals surface area contributed by atoms with Crippen molar-refractivity contribution in [3.05, 3.63) is 58.9 Å². The predicted octanol–water partition coefficient (Wildman–Crippen LogP) is 3.68. The second-order valence-corrected chi connectivity index (χ2v) is 4.79. The molecule has 0 amide bonds. The van der Waals surface area contributed by atoms with Crippen molar-refractivity contribution in [3.8, 4) is 0 Å². The van der Waals surface area contributed by atoms with Gasteiger partial charge in [0.05, 0.1) is 11.4 Å². The Kier molecular flexibility index (Phi) is 4.05. The van der Waals surface area contributed by atoms with Crippen LogP contribution in [0, 0.1) is 19.7 Å². The standard InChI is InChI=1S/C16H19FN2/c1-11-9-15(18)16(10-12(11)2)19-8-7-13-5-3-4-6-14(13)17/h3-6,9-10,19H,7-8,18H2,1-2H3. The predicted molar refractivity (Wildman–Crippen MR) is 78.9 cm³/mol. The van der Waals surface area contributed by atoms with Crippen LogP contribution in [-0.2, 0) is 6.42 Å². The summed E-state index contributed by atoms with van der Waals surface area (Å²) in [5.74, 6) is -0.155. The lowest BCUT2D eigenvalue weighted by molar-refractivity contribution is 0.610. The highest BCUT2D eigenvalue weighted by atomic mass is 19.1. The van der Waals surface area contributed by atoms with Gasteiger partial charge in [0.15, 0.2) is 0 Å². The number of hydrogen-bond acceptors (Lipinski definition) is 2. The van der Waals surface area contributed by atoms with Gasteiger partial charge >= 0.3 is 0 Å². The van der Waals surface area contributed by atoms with Gasteiger partial charge in [0.25, 0.3) is 0 Å². The normalized spacial score (nSPS) is 10.5. The molecular formula is C16H19FN2. The summed E-state index contributed by atoms with van der Waals surface area (Å²) >= 11 is 0. The molecule has 0 unspecified atom stereocenters. The zero-order chi connectivity index (χ0) is 13.8. The van der Waals surface area contributed by atoms with Gasteiger partial charge in [0.2, 0.25) is 0 Å². The van der Waals surface area contributed by atoms with E-state index >= 15 is 0 Å². The van der Waals surface area contributed by atoms with E-state index in [0.29, 0.717) is 13.0 Å². The summed E-state index contributed by atoms with van der Waals surface area (Å²) in [4.78, 5) is 0. The molecule has 2 nitrogen and oxygen atoms in total. The second kappa shape index (κ2) is 5.74. The van der Waals surface area contributed by atoms with E-state index in [4.69, 9.17) is 5.73 Å². The van der Waals surface area contributed by atoms with Gasteiger partial charge in [-0.1, -0.05) is 18.2 Å². The van der Waals surface area contributed by atoms with Crippen molar-refractivity contribution < 1.29 is 4.39 Å². The number of nitrogen functional groups attached to an aromatic ring is 1. The van der Waals surface area contributed by atoms with E-state index in [-0.39, 0.29) is 5.82 Å². The summed E-state index contributed by atoms with van der Waals surface area (Å²) in [6.45, 7) is 4.75. The van der Waals surface area contributed by atoms with E-state index in [1.54, 1.807) is 12.1 Å². The average Bonchev–Trinajstić information content (AvgIpc) is 2.38. The van der Waals surface area contributed by atoms with E-state index in [2.05, 4.69) is 12.2 Å². The van der Waals surface area contributed by atoms with Crippen LogP contribution in [0.25, 0.3) is 0 Å². The lowest BCUT2D eigenvalue weighted by Crippen LogP contribution is -2.08. The van der Waals surface area contributed by atoms with Crippen LogP contribution < -0.4 is 11.1 Å². The van der Waals surface area contributed by atoms with Crippen LogP contribution in [0.4, 0.5) is 15.8 Å². The summed E-state index contributed by atoms with van der Waals surface area (Å²) in [6, 6.07) is 10.8. The van der Waals surface area contributed by atoms with Gasteiger partial charge in [-0.05, 0) is 55.2 Å². The number of anilines is 2. The third-order valence-corrected chi connectivity index (χ3v) is 3.33. The van der Waals surface area contributed by atoms with Crippen molar-refractivity contribution >= 4 is 11.4 Å². The van der Waals surface area contributed by atoms with Crippen molar-refractivity contribution in [2.24, 2.45) is 0 Å². The molecule has 0 aliphatic carbocycles. The summed E-state index contributed by atoms with van der Waals surface area (Å²) in [5.41, 5.74) is 10.7. The van der Waals surface area contributed by atoms with Crippen LogP contribution in [0.1, 0.15) is 16.7 Å². The SMILES string of the molecule is Cc1cc(N)c(NCCc2ccccc2F)cc1C. The van der Waals surface area contributed by atoms with E-state index in [1.807, 2.05) is 25.1 Å². The molecule has 0 bridgehead atoms. The minimum Gasteiger partial charge on any atom is -0.397 e. The van der Waals surface area contributed by atoms with Gasteiger partial charge in [-0.3, -0.25) is 0 Å².